The lowest BCUT2D eigenvalue weighted by atomic mass is 10.1. The third kappa shape index (κ3) is 5.54. The van der Waals surface area contributed by atoms with Gasteiger partial charge in [-0.05, 0) is 29.8 Å². The summed E-state index contributed by atoms with van der Waals surface area (Å²) in [5, 5.41) is 14.0. The van der Waals surface area contributed by atoms with E-state index in [4.69, 9.17) is 16.3 Å². The second kappa shape index (κ2) is 9.51. The van der Waals surface area contributed by atoms with Crippen LogP contribution in [-0.2, 0) is 13.2 Å². The summed E-state index contributed by atoms with van der Waals surface area (Å²) in [6, 6.07) is 21.3. The molecule has 0 aliphatic carbocycles. The van der Waals surface area contributed by atoms with Crippen LogP contribution in [0.3, 0.4) is 0 Å². The Morgan fingerprint density at radius 1 is 0.963 bits per heavy atom. The number of hydrogen-bond donors (Lipinski definition) is 2. The van der Waals surface area contributed by atoms with E-state index in [-0.39, 0.29) is 12.4 Å². The minimum atomic E-state index is -0.604. The molecule has 0 aliphatic rings. The van der Waals surface area contributed by atoms with Crippen molar-refractivity contribution in [2.45, 2.75) is 19.3 Å². The number of halogens is 2. The van der Waals surface area contributed by atoms with E-state index in [2.05, 4.69) is 5.32 Å². The lowest BCUT2D eigenvalue weighted by molar-refractivity contribution is 0.174. The highest BCUT2D eigenvalue weighted by atomic mass is 35.5. The number of benzene rings is 3. The number of aliphatic hydroxyl groups is 1. The van der Waals surface area contributed by atoms with E-state index in [1.807, 2.05) is 30.3 Å². The predicted octanol–water partition coefficient (Wildman–Crippen LogP) is 4.88. The quantitative estimate of drug-likeness (QED) is 0.580. The summed E-state index contributed by atoms with van der Waals surface area (Å²) in [7, 11) is 0. The standard InChI is InChI=1S/C22H21ClFNO2/c23-19-10-11-22(27-15-17-8-4-5-9-20(17)24)18(12-19)13-25-14-21(26)16-6-2-1-3-7-16/h1-12,21,25-26H,13-15H2. The van der Waals surface area contributed by atoms with E-state index in [9.17, 15) is 9.50 Å². The SMILES string of the molecule is OC(CNCc1cc(Cl)ccc1OCc1ccccc1F)c1ccccc1. The fourth-order valence-electron chi connectivity index (χ4n) is 2.73. The largest absolute Gasteiger partial charge is 0.488 e. The molecule has 0 aliphatic heterocycles. The summed E-state index contributed by atoms with van der Waals surface area (Å²) in [6.07, 6.45) is -0.604. The molecule has 5 heteroatoms. The van der Waals surface area contributed by atoms with Crippen molar-refractivity contribution in [3.8, 4) is 5.75 Å². The average Bonchev–Trinajstić information content (AvgIpc) is 2.69. The molecule has 0 amide bonds. The molecule has 27 heavy (non-hydrogen) atoms. The van der Waals surface area contributed by atoms with Crippen molar-refractivity contribution in [1.29, 1.82) is 0 Å². The van der Waals surface area contributed by atoms with Crippen molar-refractivity contribution in [2.75, 3.05) is 6.54 Å². The van der Waals surface area contributed by atoms with Crippen LogP contribution >= 0.6 is 11.6 Å². The zero-order chi connectivity index (χ0) is 19.1. The van der Waals surface area contributed by atoms with Gasteiger partial charge >= 0.3 is 0 Å². The van der Waals surface area contributed by atoms with Crippen LogP contribution in [0.15, 0.2) is 72.8 Å². The first-order valence-electron chi connectivity index (χ1n) is 8.72. The molecular weight excluding hydrogens is 365 g/mol. The normalized spacial score (nSPS) is 12.0. The maximum Gasteiger partial charge on any atom is 0.129 e. The van der Waals surface area contributed by atoms with Gasteiger partial charge in [-0.1, -0.05) is 60.1 Å². The molecule has 3 nitrogen and oxygen atoms in total. The summed E-state index contributed by atoms with van der Waals surface area (Å²) >= 11 is 6.10. The smallest absolute Gasteiger partial charge is 0.129 e. The summed E-state index contributed by atoms with van der Waals surface area (Å²) in [5.74, 6) is 0.335. The van der Waals surface area contributed by atoms with Crippen LogP contribution in [0.1, 0.15) is 22.8 Å². The zero-order valence-electron chi connectivity index (χ0n) is 14.7. The predicted molar refractivity (Wildman–Crippen MR) is 105 cm³/mol. The highest BCUT2D eigenvalue weighted by molar-refractivity contribution is 6.30. The molecule has 2 N–H and O–H groups in total. The van der Waals surface area contributed by atoms with Crippen LogP contribution in [0.2, 0.25) is 5.02 Å². The monoisotopic (exact) mass is 385 g/mol. The van der Waals surface area contributed by atoms with Crippen molar-refractivity contribution in [1.82, 2.24) is 5.32 Å². The van der Waals surface area contributed by atoms with E-state index in [0.29, 0.717) is 29.4 Å². The molecule has 140 valence electrons. The first-order valence-corrected chi connectivity index (χ1v) is 9.09. The summed E-state index contributed by atoms with van der Waals surface area (Å²) in [5.41, 5.74) is 2.19. The number of hydrogen-bond acceptors (Lipinski definition) is 3. The highest BCUT2D eigenvalue weighted by Crippen LogP contribution is 2.24. The fraction of sp³-hybridized carbons (Fsp3) is 0.182. The van der Waals surface area contributed by atoms with Gasteiger partial charge in [0.2, 0.25) is 0 Å². The molecule has 3 aromatic rings. The lowest BCUT2D eigenvalue weighted by Gasteiger charge is -2.15. The molecule has 0 aromatic heterocycles. The van der Waals surface area contributed by atoms with Gasteiger partial charge in [0.25, 0.3) is 0 Å². The Hall–Kier alpha value is -2.40. The lowest BCUT2D eigenvalue weighted by Crippen LogP contribution is -2.21. The van der Waals surface area contributed by atoms with Gasteiger partial charge in [-0.25, -0.2) is 4.39 Å². The van der Waals surface area contributed by atoms with E-state index in [1.54, 1.807) is 36.4 Å². The van der Waals surface area contributed by atoms with Crippen molar-refractivity contribution in [2.24, 2.45) is 0 Å². The van der Waals surface area contributed by atoms with Crippen LogP contribution in [-0.4, -0.2) is 11.7 Å². The van der Waals surface area contributed by atoms with Gasteiger partial charge in [0, 0.05) is 29.2 Å². The zero-order valence-corrected chi connectivity index (χ0v) is 15.5. The molecule has 0 spiro atoms. The van der Waals surface area contributed by atoms with Crippen LogP contribution in [0, 0.1) is 5.82 Å². The number of rotatable bonds is 8. The Labute approximate surface area is 163 Å². The Morgan fingerprint density at radius 2 is 1.70 bits per heavy atom. The number of aliphatic hydroxyl groups excluding tert-OH is 1. The van der Waals surface area contributed by atoms with Gasteiger partial charge in [-0.2, -0.15) is 0 Å². The molecule has 0 saturated carbocycles. The second-order valence-corrected chi connectivity index (χ2v) is 6.63. The molecule has 0 saturated heterocycles. The van der Waals surface area contributed by atoms with Crippen molar-refractivity contribution in [3.63, 3.8) is 0 Å². The third-order valence-electron chi connectivity index (χ3n) is 4.20. The molecule has 0 fully saturated rings. The molecule has 3 rings (SSSR count). The van der Waals surface area contributed by atoms with Gasteiger partial charge in [0.1, 0.15) is 18.2 Å². The van der Waals surface area contributed by atoms with Gasteiger partial charge in [0.15, 0.2) is 0 Å². The molecule has 3 aromatic carbocycles. The average molecular weight is 386 g/mol. The van der Waals surface area contributed by atoms with Crippen molar-refractivity contribution in [3.05, 3.63) is 100 Å². The van der Waals surface area contributed by atoms with Gasteiger partial charge in [-0.3, -0.25) is 0 Å². The maximum atomic E-state index is 13.8. The molecule has 0 heterocycles. The van der Waals surface area contributed by atoms with Crippen molar-refractivity contribution < 1.29 is 14.2 Å². The highest BCUT2D eigenvalue weighted by Gasteiger charge is 2.10. The van der Waals surface area contributed by atoms with Crippen LogP contribution < -0.4 is 10.1 Å². The second-order valence-electron chi connectivity index (χ2n) is 6.19. The summed E-state index contributed by atoms with van der Waals surface area (Å²) in [6.45, 7) is 0.994. The minimum absolute atomic E-state index is 0.133. The minimum Gasteiger partial charge on any atom is -0.488 e. The van der Waals surface area contributed by atoms with Gasteiger partial charge < -0.3 is 15.2 Å². The Kier molecular flexibility index (Phi) is 6.82. The Morgan fingerprint density at radius 3 is 2.48 bits per heavy atom. The van der Waals surface area contributed by atoms with E-state index >= 15 is 0 Å². The summed E-state index contributed by atoms with van der Waals surface area (Å²) < 4.78 is 19.6. The topological polar surface area (TPSA) is 41.5 Å². The molecule has 1 unspecified atom stereocenters. The summed E-state index contributed by atoms with van der Waals surface area (Å²) in [4.78, 5) is 0. The number of ether oxygens (including phenoxy) is 1. The third-order valence-corrected chi connectivity index (χ3v) is 4.44. The fourth-order valence-corrected chi connectivity index (χ4v) is 2.93. The Balaban J connectivity index is 1.61. The maximum absolute atomic E-state index is 13.8. The van der Waals surface area contributed by atoms with Gasteiger partial charge in [-0.15, -0.1) is 0 Å². The van der Waals surface area contributed by atoms with Gasteiger partial charge in [0.05, 0.1) is 6.10 Å². The molecular formula is C22H21ClFNO2. The molecule has 0 bridgehead atoms. The van der Waals surface area contributed by atoms with Crippen molar-refractivity contribution >= 4 is 11.6 Å². The van der Waals surface area contributed by atoms with E-state index in [0.717, 1.165) is 11.1 Å². The number of nitrogens with one attached hydrogen (secondary N) is 1. The first kappa shape index (κ1) is 19.4. The Bertz CT molecular complexity index is 873. The van der Waals surface area contributed by atoms with Crippen LogP contribution in [0.5, 0.6) is 5.75 Å². The molecule has 0 radical (unpaired) electrons. The van der Waals surface area contributed by atoms with E-state index < -0.39 is 6.10 Å². The first-order chi connectivity index (χ1) is 13.1. The van der Waals surface area contributed by atoms with Crippen LogP contribution in [0.25, 0.3) is 0 Å². The van der Waals surface area contributed by atoms with E-state index in [1.165, 1.54) is 6.07 Å². The van der Waals surface area contributed by atoms with Crippen LogP contribution in [0.4, 0.5) is 4.39 Å². The molecule has 1 atom stereocenters.